The summed E-state index contributed by atoms with van der Waals surface area (Å²) in [5.74, 6) is 0. The van der Waals surface area contributed by atoms with Crippen molar-refractivity contribution in [3.8, 4) is 0 Å². The summed E-state index contributed by atoms with van der Waals surface area (Å²) >= 11 is 0. The van der Waals surface area contributed by atoms with Crippen LogP contribution in [0.4, 0.5) is 21.9 Å². The van der Waals surface area contributed by atoms with Crippen molar-refractivity contribution >= 4 is 23.1 Å². The minimum Gasteiger partial charge on any atom is -0.369 e. The standard InChI is InChI=1S/C23H31N5O/c1-19-4-3-5-20(18-19)24-23(29)28-16-14-27(15-17-28)22-8-6-21(7-9-22)26-12-10-25(2)11-13-26/h3-9,18H,10-17H2,1-2H3,(H,24,29). The minimum atomic E-state index is -0.0133. The molecule has 0 aliphatic carbocycles. The molecule has 4 rings (SSSR count). The number of hydrogen-bond acceptors (Lipinski definition) is 4. The van der Waals surface area contributed by atoms with Gasteiger partial charge < -0.3 is 24.9 Å². The first-order chi connectivity index (χ1) is 14.1. The van der Waals surface area contributed by atoms with Gasteiger partial charge in [0, 0.05) is 69.4 Å². The molecule has 0 aromatic heterocycles. The fraction of sp³-hybridized carbons (Fsp3) is 0.435. The molecule has 2 aliphatic heterocycles. The molecule has 0 saturated carbocycles. The Morgan fingerprint density at radius 1 is 0.793 bits per heavy atom. The van der Waals surface area contributed by atoms with Gasteiger partial charge in [0.1, 0.15) is 0 Å². The van der Waals surface area contributed by atoms with E-state index >= 15 is 0 Å². The number of hydrogen-bond donors (Lipinski definition) is 1. The first-order valence-electron chi connectivity index (χ1n) is 10.5. The maximum Gasteiger partial charge on any atom is 0.321 e. The van der Waals surface area contributed by atoms with Gasteiger partial charge >= 0.3 is 6.03 Å². The topological polar surface area (TPSA) is 42.1 Å². The van der Waals surface area contributed by atoms with Gasteiger partial charge in [-0.3, -0.25) is 0 Å². The van der Waals surface area contributed by atoms with Gasteiger partial charge in [0.05, 0.1) is 0 Å². The monoisotopic (exact) mass is 393 g/mol. The van der Waals surface area contributed by atoms with Crippen molar-refractivity contribution in [1.29, 1.82) is 0 Å². The van der Waals surface area contributed by atoms with Gasteiger partial charge in [0.15, 0.2) is 0 Å². The summed E-state index contributed by atoms with van der Waals surface area (Å²) in [6.07, 6.45) is 0. The highest BCUT2D eigenvalue weighted by molar-refractivity contribution is 5.89. The summed E-state index contributed by atoms with van der Waals surface area (Å²) in [6.45, 7) is 9.63. The number of likely N-dealkylation sites (N-methyl/N-ethyl adjacent to an activating group) is 1. The normalized spacial score (nSPS) is 18.1. The number of piperazine rings is 2. The average Bonchev–Trinajstić information content (AvgIpc) is 2.75. The lowest BCUT2D eigenvalue weighted by molar-refractivity contribution is 0.208. The van der Waals surface area contributed by atoms with E-state index in [1.807, 2.05) is 36.1 Å². The number of nitrogens with zero attached hydrogens (tertiary/aromatic N) is 4. The first kappa shape index (κ1) is 19.6. The number of carbonyl (C=O) groups is 1. The molecule has 2 heterocycles. The summed E-state index contributed by atoms with van der Waals surface area (Å²) in [6, 6.07) is 16.8. The lowest BCUT2D eigenvalue weighted by atomic mass is 10.2. The van der Waals surface area contributed by atoms with E-state index in [4.69, 9.17) is 0 Å². The highest BCUT2D eigenvalue weighted by Crippen LogP contribution is 2.23. The number of amides is 2. The number of carbonyl (C=O) groups excluding carboxylic acids is 1. The average molecular weight is 394 g/mol. The number of rotatable bonds is 3. The van der Waals surface area contributed by atoms with E-state index in [1.165, 1.54) is 11.4 Å². The Labute approximate surface area is 173 Å². The lowest BCUT2D eigenvalue weighted by Crippen LogP contribution is -2.50. The van der Waals surface area contributed by atoms with E-state index in [1.54, 1.807) is 0 Å². The molecule has 0 unspecified atom stereocenters. The van der Waals surface area contributed by atoms with Crippen LogP contribution < -0.4 is 15.1 Å². The molecule has 29 heavy (non-hydrogen) atoms. The molecule has 0 bridgehead atoms. The zero-order valence-corrected chi connectivity index (χ0v) is 17.5. The molecule has 2 aliphatic rings. The molecule has 6 heteroatoms. The predicted molar refractivity (Wildman–Crippen MR) is 120 cm³/mol. The zero-order valence-electron chi connectivity index (χ0n) is 17.5. The number of benzene rings is 2. The minimum absolute atomic E-state index is 0.0133. The van der Waals surface area contributed by atoms with Gasteiger partial charge in [-0.15, -0.1) is 0 Å². The Balaban J connectivity index is 1.29. The van der Waals surface area contributed by atoms with Gasteiger partial charge in [0.2, 0.25) is 0 Å². The molecule has 0 atom stereocenters. The van der Waals surface area contributed by atoms with E-state index in [-0.39, 0.29) is 6.03 Å². The second kappa shape index (κ2) is 8.74. The Morgan fingerprint density at radius 3 is 1.90 bits per heavy atom. The highest BCUT2D eigenvalue weighted by Gasteiger charge is 2.22. The van der Waals surface area contributed by atoms with Gasteiger partial charge in [0.25, 0.3) is 0 Å². The van der Waals surface area contributed by atoms with E-state index in [0.29, 0.717) is 0 Å². The Kier molecular flexibility index (Phi) is 5.90. The molecular weight excluding hydrogens is 362 g/mol. The third-order valence-corrected chi connectivity index (χ3v) is 5.92. The van der Waals surface area contributed by atoms with Crippen molar-refractivity contribution in [1.82, 2.24) is 9.80 Å². The second-order valence-corrected chi connectivity index (χ2v) is 8.08. The van der Waals surface area contributed by atoms with Gasteiger partial charge in [-0.2, -0.15) is 0 Å². The largest absolute Gasteiger partial charge is 0.369 e. The number of aryl methyl sites for hydroxylation is 1. The summed E-state index contributed by atoms with van der Waals surface area (Å²) < 4.78 is 0. The van der Waals surface area contributed by atoms with Crippen molar-refractivity contribution in [2.75, 3.05) is 74.5 Å². The molecule has 2 saturated heterocycles. The van der Waals surface area contributed by atoms with Crippen LogP contribution in [0.5, 0.6) is 0 Å². The van der Waals surface area contributed by atoms with E-state index in [0.717, 1.165) is 63.6 Å². The molecule has 1 N–H and O–H groups in total. The van der Waals surface area contributed by atoms with Crippen molar-refractivity contribution in [2.45, 2.75) is 6.92 Å². The van der Waals surface area contributed by atoms with Crippen LogP contribution >= 0.6 is 0 Å². The Morgan fingerprint density at radius 2 is 1.34 bits per heavy atom. The van der Waals surface area contributed by atoms with Crippen LogP contribution in [0.2, 0.25) is 0 Å². The third kappa shape index (κ3) is 4.82. The quantitative estimate of drug-likeness (QED) is 0.870. The summed E-state index contributed by atoms with van der Waals surface area (Å²) in [5.41, 5.74) is 4.55. The van der Waals surface area contributed by atoms with Crippen molar-refractivity contribution in [3.63, 3.8) is 0 Å². The van der Waals surface area contributed by atoms with E-state index in [2.05, 4.69) is 51.3 Å². The fourth-order valence-corrected chi connectivity index (χ4v) is 4.03. The summed E-state index contributed by atoms with van der Waals surface area (Å²) in [4.78, 5) is 21.6. The molecule has 6 nitrogen and oxygen atoms in total. The van der Waals surface area contributed by atoms with Crippen LogP contribution in [0.3, 0.4) is 0 Å². The molecule has 2 aromatic carbocycles. The van der Waals surface area contributed by atoms with Crippen molar-refractivity contribution in [3.05, 3.63) is 54.1 Å². The van der Waals surface area contributed by atoms with Crippen LogP contribution in [0, 0.1) is 6.92 Å². The molecule has 2 aromatic rings. The van der Waals surface area contributed by atoms with Gasteiger partial charge in [-0.05, 0) is 55.9 Å². The fourth-order valence-electron chi connectivity index (χ4n) is 4.03. The van der Waals surface area contributed by atoms with Gasteiger partial charge in [-0.25, -0.2) is 4.79 Å². The lowest BCUT2D eigenvalue weighted by Gasteiger charge is -2.37. The molecule has 2 fully saturated rings. The third-order valence-electron chi connectivity index (χ3n) is 5.92. The van der Waals surface area contributed by atoms with Crippen LogP contribution in [-0.4, -0.2) is 75.2 Å². The summed E-state index contributed by atoms with van der Waals surface area (Å²) in [7, 11) is 2.18. The van der Waals surface area contributed by atoms with Crippen LogP contribution in [0.1, 0.15) is 5.56 Å². The molecule has 154 valence electrons. The highest BCUT2D eigenvalue weighted by atomic mass is 16.2. The molecular formula is C23H31N5O. The Bertz CT molecular complexity index is 821. The number of nitrogens with one attached hydrogen (secondary N) is 1. The molecule has 0 spiro atoms. The van der Waals surface area contributed by atoms with Crippen molar-refractivity contribution < 1.29 is 4.79 Å². The zero-order chi connectivity index (χ0) is 20.2. The first-order valence-corrected chi connectivity index (χ1v) is 10.5. The van der Waals surface area contributed by atoms with Crippen LogP contribution in [-0.2, 0) is 0 Å². The van der Waals surface area contributed by atoms with Crippen LogP contribution in [0.25, 0.3) is 0 Å². The van der Waals surface area contributed by atoms with Crippen molar-refractivity contribution in [2.24, 2.45) is 0 Å². The van der Waals surface area contributed by atoms with Gasteiger partial charge in [-0.1, -0.05) is 12.1 Å². The maximum atomic E-state index is 12.6. The maximum absolute atomic E-state index is 12.6. The predicted octanol–water partition coefficient (Wildman–Crippen LogP) is 3.10. The van der Waals surface area contributed by atoms with Crippen LogP contribution in [0.15, 0.2) is 48.5 Å². The summed E-state index contributed by atoms with van der Waals surface area (Å²) in [5, 5.41) is 3.01. The SMILES string of the molecule is Cc1cccc(NC(=O)N2CCN(c3ccc(N4CCN(C)CC4)cc3)CC2)c1. The molecule has 0 radical (unpaired) electrons. The smallest absolute Gasteiger partial charge is 0.321 e. The number of anilines is 3. The molecule has 2 amide bonds. The second-order valence-electron chi connectivity index (χ2n) is 8.08. The number of urea groups is 1. The van der Waals surface area contributed by atoms with E-state index in [9.17, 15) is 4.79 Å². The Hall–Kier alpha value is -2.73. The van der Waals surface area contributed by atoms with E-state index < -0.39 is 0 Å².